The number of aliphatic carboxylic acids is 1. The van der Waals surface area contributed by atoms with E-state index in [0.717, 1.165) is 4.90 Å². The van der Waals surface area contributed by atoms with Gasteiger partial charge in [0.1, 0.15) is 24.2 Å². The molecule has 0 aromatic carbocycles. The average molecular weight is 312 g/mol. The van der Waals surface area contributed by atoms with Crippen LogP contribution in [0.15, 0.2) is 0 Å². The van der Waals surface area contributed by atoms with Crippen molar-refractivity contribution >= 4 is 18.3 Å². The summed E-state index contributed by atoms with van der Waals surface area (Å²) in [6.45, 7) is 0. The minimum Gasteiger partial charge on any atom is -0.481 e. The zero-order valence-corrected chi connectivity index (χ0v) is 11.4. The Morgan fingerprint density at radius 2 is 1.86 bits per heavy atom. The number of fused-ring (bicyclic) bond motifs is 1. The quantitative estimate of drug-likeness (QED) is 0.201. The number of aliphatic hydroxyl groups excluding tert-OH is 3. The molecule has 2 amide bonds. The van der Waals surface area contributed by atoms with E-state index in [-0.39, 0.29) is 6.42 Å². The van der Waals surface area contributed by atoms with Crippen molar-refractivity contribution < 1.29 is 34.8 Å². The molecule has 5 N–H and O–H groups in total. The molecule has 7 unspecified atom stereocenters. The van der Waals surface area contributed by atoms with Gasteiger partial charge in [-0.05, 0) is 0 Å². The van der Waals surface area contributed by atoms with Crippen molar-refractivity contribution in [1.82, 2.24) is 10.2 Å². The number of likely N-dealkylation sites (tertiary alicyclic amines) is 1. The van der Waals surface area contributed by atoms with E-state index in [9.17, 15) is 29.7 Å². The Morgan fingerprint density at radius 1 is 1.23 bits per heavy atom. The molecule has 0 radical (unpaired) electrons. The van der Waals surface area contributed by atoms with Gasteiger partial charge in [0.25, 0.3) is 0 Å². The summed E-state index contributed by atoms with van der Waals surface area (Å²) in [6.07, 6.45) is 0.457. The minimum absolute atomic E-state index is 0.105. The van der Waals surface area contributed by atoms with E-state index in [4.69, 9.17) is 11.5 Å². The number of nitrogens with one attached hydrogen (secondary N) is 1. The van der Waals surface area contributed by atoms with Crippen LogP contribution in [0.2, 0.25) is 0 Å². The molecule has 0 spiro atoms. The van der Waals surface area contributed by atoms with Gasteiger partial charge in [-0.1, -0.05) is 0 Å². The topological polar surface area (TPSA) is 147 Å². The predicted octanol–water partition coefficient (Wildman–Crippen LogP) is -3.50. The van der Waals surface area contributed by atoms with Crippen molar-refractivity contribution in [3.05, 3.63) is 0 Å². The zero-order valence-electron chi connectivity index (χ0n) is 11.4. The number of nitrogens with zero attached hydrogens (tertiary/aromatic N) is 1. The van der Waals surface area contributed by atoms with Gasteiger partial charge < -0.3 is 30.6 Å². The second kappa shape index (κ2) is 5.92. The molecule has 9 heteroatoms. The standard InChI is InChI=1S/C13H16N2O7/c1-2-3-5(14-4-16)12(20)15-7-6(13(21)22)9(17)11(19)10(18)8(7)15/h1,4-11,17-19H,3H2,(H,14,16)(H,21,22). The highest BCUT2D eigenvalue weighted by Crippen LogP contribution is 2.45. The Morgan fingerprint density at radius 3 is 2.36 bits per heavy atom. The number of rotatable bonds is 5. The maximum absolute atomic E-state index is 12.3. The molecule has 2 aliphatic rings. The number of carboxylic acid groups (broad SMARTS) is 1. The van der Waals surface area contributed by atoms with Crippen LogP contribution in [0.3, 0.4) is 0 Å². The average Bonchev–Trinajstić information content (AvgIpc) is 3.18. The van der Waals surface area contributed by atoms with Crippen LogP contribution < -0.4 is 5.32 Å². The van der Waals surface area contributed by atoms with E-state index in [1.165, 1.54) is 0 Å². The Labute approximate surface area is 125 Å². The summed E-state index contributed by atoms with van der Waals surface area (Å²) < 4.78 is 0. The summed E-state index contributed by atoms with van der Waals surface area (Å²) in [5, 5.41) is 40.8. The molecule has 1 aliphatic heterocycles. The Hall–Kier alpha value is -2.15. The lowest BCUT2D eigenvalue weighted by Crippen LogP contribution is -2.53. The Bertz CT molecular complexity index is 531. The fraction of sp³-hybridized carbons (Fsp3) is 0.615. The van der Waals surface area contributed by atoms with Crippen LogP contribution in [0.4, 0.5) is 0 Å². The summed E-state index contributed by atoms with van der Waals surface area (Å²) in [4.78, 5) is 35.1. The lowest BCUT2D eigenvalue weighted by atomic mass is 9.83. The maximum Gasteiger partial charge on any atom is 0.311 e. The molecule has 0 bridgehead atoms. The molecule has 1 saturated heterocycles. The number of hydrogen-bond acceptors (Lipinski definition) is 6. The fourth-order valence-corrected chi connectivity index (χ4v) is 3.02. The predicted molar refractivity (Wildman–Crippen MR) is 70.0 cm³/mol. The second-order valence-electron chi connectivity index (χ2n) is 5.31. The fourth-order valence-electron chi connectivity index (χ4n) is 3.02. The van der Waals surface area contributed by atoms with E-state index in [1.807, 2.05) is 0 Å². The van der Waals surface area contributed by atoms with Crippen molar-refractivity contribution in [2.45, 2.75) is 42.9 Å². The molecule has 0 aromatic heterocycles. The van der Waals surface area contributed by atoms with Gasteiger partial charge >= 0.3 is 5.97 Å². The number of hydrogen-bond donors (Lipinski definition) is 5. The first kappa shape index (κ1) is 16.2. The monoisotopic (exact) mass is 312 g/mol. The molecular weight excluding hydrogens is 296 g/mol. The molecule has 0 aromatic rings. The van der Waals surface area contributed by atoms with E-state index in [1.54, 1.807) is 0 Å². The molecule has 1 saturated carbocycles. The zero-order chi connectivity index (χ0) is 16.6. The number of amides is 2. The minimum atomic E-state index is -1.70. The number of terminal acetylenes is 1. The third-order valence-electron chi connectivity index (χ3n) is 4.12. The molecule has 22 heavy (non-hydrogen) atoms. The van der Waals surface area contributed by atoms with Crippen LogP contribution in [0.25, 0.3) is 0 Å². The highest BCUT2D eigenvalue weighted by atomic mass is 16.4. The number of carbonyl (C=O) groups is 3. The normalized spacial score (nSPS) is 37.5. The van der Waals surface area contributed by atoms with Crippen molar-refractivity contribution in [2.75, 3.05) is 0 Å². The van der Waals surface area contributed by atoms with Crippen LogP contribution in [0.5, 0.6) is 0 Å². The Balaban J connectivity index is 2.23. The lowest BCUT2D eigenvalue weighted by Gasteiger charge is -2.30. The van der Waals surface area contributed by atoms with E-state index >= 15 is 0 Å². The van der Waals surface area contributed by atoms with Gasteiger partial charge in [-0.2, -0.15) is 0 Å². The van der Waals surface area contributed by atoms with E-state index in [2.05, 4.69) is 11.2 Å². The largest absolute Gasteiger partial charge is 0.481 e. The summed E-state index contributed by atoms with van der Waals surface area (Å²) in [6, 6.07) is -2.93. The number of carbonyl (C=O) groups excluding carboxylic acids is 2. The summed E-state index contributed by atoms with van der Waals surface area (Å²) in [5.41, 5.74) is 0. The molecule has 120 valence electrons. The number of carboxylic acids is 1. The third-order valence-corrected chi connectivity index (χ3v) is 4.12. The van der Waals surface area contributed by atoms with Crippen LogP contribution in [-0.4, -0.2) is 80.1 Å². The van der Waals surface area contributed by atoms with Gasteiger partial charge in [0.2, 0.25) is 12.3 Å². The van der Waals surface area contributed by atoms with E-state index < -0.39 is 54.2 Å². The lowest BCUT2D eigenvalue weighted by molar-refractivity contribution is -0.156. The first-order valence-corrected chi connectivity index (χ1v) is 6.59. The third kappa shape index (κ3) is 2.41. The van der Waals surface area contributed by atoms with Gasteiger partial charge in [-0.15, -0.1) is 12.3 Å². The highest BCUT2D eigenvalue weighted by molar-refractivity contribution is 5.88. The first-order valence-electron chi connectivity index (χ1n) is 6.59. The van der Waals surface area contributed by atoms with Gasteiger partial charge in [0, 0.05) is 6.42 Å². The van der Waals surface area contributed by atoms with E-state index in [0.29, 0.717) is 6.41 Å². The summed E-state index contributed by atoms with van der Waals surface area (Å²) in [7, 11) is 0. The van der Waals surface area contributed by atoms with Crippen molar-refractivity contribution in [3.63, 3.8) is 0 Å². The van der Waals surface area contributed by atoms with Crippen LogP contribution >= 0.6 is 0 Å². The van der Waals surface area contributed by atoms with Gasteiger partial charge in [0.15, 0.2) is 0 Å². The van der Waals surface area contributed by atoms with Crippen molar-refractivity contribution in [3.8, 4) is 12.3 Å². The molecular formula is C13H16N2O7. The van der Waals surface area contributed by atoms with Crippen LogP contribution in [-0.2, 0) is 14.4 Å². The van der Waals surface area contributed by atoms with Gasteiger partial charge in [0.05, 0.1) is 18.2 Å². The maximum atomic E-state index is 12.3. The Kier molecular flexibility index (Phi) is 4.37. The molecule has 7 atom stereocenters. The number of aliphatic hydroxyl groups is 3. The molecule has 1 heterocycles. The molecule has 2 fully saturated rings. The van der Waals surface area contributed by atoms with Crippen molar-refractivity contribution in [1.29, 1.82) is 0 Å². The van der Waals surface area contributed by atoms with Crippen molar-refractivity contribution in [2.24, 2.45) is 5.92 Å². The van der Waals surface area contributed by atoms with Gasteiger partial charge in [-0.3, -0.25) is 14.4 Å². The van der Waals surface area contributed by atoms with Gasteiger partial charge in [-0.25, -0.2) is 0 Å². The first-order chi connectivity index (χ1) is 10.4. The van der Waals surface area contributed by atoms with Crippen LogP contribution in [0.1, 0.15) is 6.42 Å². The molecule has 1 aliphatic carbocycles. The highest BCUT2D eigenvalue weighted by Gasteiger charge is 2.68. The van der Waals surface area contributed by atoms with Crippen LogP contribution in [0, 0.1) is 18.3 Å². The smallest absolute Gasteiger partial charge is 0.311 e. The second-order valence-corrected chi connectivity index (χ2v) is 5.31. The molecule has 9 nitrogen and oxygen atoms in total. The SMILES string of the molecule is C#CCC(NC=O)C(=O)N1C2C(O)C(O)C(O)C(C(=O)O)C21. The molecule has 2 rings (SSSR count). The summed E-state index contributed by atoms with van der Waals surface area (Å²) >= 11 is 0. The summed E-state index contributed by atoms with van der Waals surface area (Å²) in [5.74, 6) is -1.26.